The van der Waals surface area contributed by atoms with Gasteiger partial charge in [0.1, 0.15) is 22.4 Å². The standard InChI is InChI=1S/C26H26N2O5/c1-4-5-8-13-27-17-11-12-19-15(2)22(25(30)33-21(19)14-17)24(29)28-23-16(3)18-9-6-7-10-20(18)32-26(23)31/h6-7,9-12,14,27H,4-5,8,13H2,1-3H3,(H,28,29). The molecule has 2 aromatic heterocycles. The Balaban J connectivity index is 1.67. The number of rotatable bonds is 7. The number of para-hydroxylation sites is 1. The van der Waals surface area contributed by atoms with Gasteiger partial charge in [-0.1, -0.05) is 38.0 Å². The van der Waals surface area contributed by atoms with Gasteiger partial charge in [-0.05, 0) is 49.6 Å². The number of nitrogens with one attached hydrogen (secondary N) is 2. The van der Waals surface area contributed by atoms with Gasteiger partial charge >= 0.3 is 11.3 Å². The molecule has 2 N–H and O–H groups in total. The fourth-order valence-electron chi connectivity index (χ4n) is 3.96. The molecule has 7 nitrogen and oxygen atoms in total. The maximum Gasteiger partial charge on any atom is 0.360 e. The lowest BCUT2D eigenvalue weighted by atomic mass is 10.0. The van der Waals surface area contributed by atoms with Gasteiger partial charge in [0.15, 0.2) is 0 Å². The van der Waals surface area contributed by atoms with E-state index in [2.05, 4.69) is 17.6 Å². The van der Waals surface area contributed by atoms with Crippen molar-refractivity contribution in [2.24, 2.45) is 0 Å². The monoisotopic (exact) mass is 446 g/mol. The maximum absolute atomic E-state index is 13.0. The molecule has 0 radical (unpaired) electrons. The molecule has 0 aliphatic rings. The summed E-state index contributed by atoms with van der Waals surface area (Å²) < 4.78 is 10.8. The summed E-state index contributed by atoms with van der Waals surface area (Å²) in [6.45, 7) is 6.39. The minimum absolute atomic E-state index is 0.00391. The van der Waals surface area contributed by atoms with Crippen molar-refractivity contribution in [3.05, 3.63) is 80.0 Å². The van der Waals surface area contributed by atoms with Crippen LogP contribution < -0.4 is 21.9 Å². The smallest absolute Gasteiger partial charge is 0.360 e. The molecular formula is C26H26N2O5. The molecule has 7 heteroatoms. The van der Waals surface area contributed by atoms with Gasteiger partial charge < -0.3 is 19.5 Å². The van der Waals surface area contributed by atoms with E-state index in [1.54, 1.807) is 38.1 Å². The third-order valence-electron chi connectivity index (χ3n) is 5.82. The normalized spacial score (nSPS) is 11.1. The first-order valence-electron chi connectivity index (χ1n) is 11.1. The second-order valence-corrected chi connectivity index (χ2v) is 8.07. The number of hydrogen-bond donors (Lipinski definition) is 2. The summed E-state index contributed by atoms with van der Waals surface area (Å²) in [5.41, 5.74) is 1.15. The molecule has 170 valence electrons. The Bertz CT molecular complexity index is 1470. The van der Waals surface area contributed by atoms with E-state index < -0.39 is 17.2 Å². The first kappa shape index (κ1) is 22.3. The van der Waals surface area contributed by atoms with E-state index in [0.29, 0.717) is 33.1 Å². The number of unbranched alkanes of at least 4 members (excludes halogenated alkanes) is 2. The van der Waals surface area contributed by atoms with Crippen molar-refractivity contribution in [1.82, 2.24) is 0 Å². The fourth-order valence-corrected chi connectivity index (χ4v) is 3.96. The molecule has 0 unspecified atom stereocenters. The van der Waals surface area contributed by atoms with Gasteiger partial charge in [-0.25, -0.2) is 9.59 Å². The summed E-state index contributed by atoms with van der Waals surface area (Å²) in [7, 11) is 0. The second kappa shape index (κ2) is 9.32. The zero-order chi connectivity index (χ0) is 23.5. The van der Waals surface area contributed by atoms with E-state index in [0.717, 1.165) is 31.5 Å². The topological polar surface area (TPSA) is 102 Å². The van der Waals surface area contributed by atoms with Crippen LogP contribution in [0, 0.1) is 13.8 Å². The minimum atomic E-state index is -0.761. The lowest BCUT2D eigenvalue weighted by Gasteiger charge is -2.12. The molecule has 0 aliphatic heterocycles. The highest BCUT2D eigenvalue weighted by atomic mass is 16.4. The molecule has 0 atom stereocenters. The molecule has 0 spiro atoms. The van der Waals surface area contributed by atoms with Crippen LogP contribution in [0.25, 0.3) is 21.9 Å². The van der Waals surface area contributed by atoms with Crippen LogP contribution in [0.3, 0.4) is 0 Å². The highest BCUT2D eigenvalue weighted by Crippen LogP contribution is 2.25. The van der Waals surface area contributed by atoms with Crippen LogP contribution in [0.1, 0.15) is 47.7 Å². The van der Waals surface area contributed by atoms with Crippen molar-refractivity contribution in [1.29, 1.82) is 0 Å². The van der Waals surface area contributed by atoms with E-state index in [9.17, 15) is 14.4 Å². The van der Waals surface area contributed by atoms with Gasteiger partial charge in [0.2, 0.25) is 0 Å². The molecule has 4 aromatic rings. The van der Waals surface area contributed by atoms with Gasteiger partial charge in [-0.15, -0.1) is 0 Å². The summed E-state index contributed by atoms with van der Waals surface area (Å²) in [5, 5.41) is 7.24. The molecule has 0 fully saturated rings. The van der Waals surface area contributed by atoms with Crippen LogP contribution in [0.2, 0.25) is 0 Å². The second-order valence-electron chi connectivity index (χ2n) is 8.07. The molecule has 1 amide bonds. The van der Waals surface area contributed by atoms with Gasteiger partial charge in [-0.3, -0.25) is 4.79 Å². The van der Waals surface area contributed by atoms with Gasteiger partial charge in [0, 0.05) is 29.1 Å². The van der Waals surface area contributed by atoms with Crippen LogP contribution in [0.15, 0.2) is 60.9 Å². The minimum Gasteiger partial charge on any atom is -0.422 e. The van der Waals surface area contributed by atoms with Crippen molar-refractivity contribution >= 4 is 39.2 Å². The summed E-state index contributed by atoms with van der Waals surface area (Å²) in [6.07, 6.45) is 3.33. The van der Waals surface area contributed by atoms with Crippen molar-refractivity contribution in [2.45, 2.75) is 40.0 Å². The predicted molar refractivity (Wildman–Crippen MR) is 130 cm³/mol. The Labute approximate surface area is 190 Å². The molecule has 0 aliphatic carbocycles. The molecule has 4 rings (SSSR count). The van der Waals surface area contributed by atoms with E-state index in [4.69, 9.17) is 8.83 Å². The molecule has 0 saturated heterocycles. The lowest BCUT2D eigenvalue weighted by Crippen LogP contribution is -2.25. The van der Waals surface area contributed by atoms with Crippen LogP contribution >= 0.6 is 0 Å². The Hall–Kier alpha value is -3.87. The summed E-state index contributed by atoms with van der Waals surface area (Å²) in [5.74, 6) is -0.712. The van der Waals surface area contributed by atoms with Gasteiger partial charge in [0.05, 0.1) is 0 Å². The highest BCUT2D eigenvalue weighted by molar-refractivity contribution is 6.08. The molecule has 2 aromatic carbocycles. The Morgan fingerprint density at radius 2 is 1.61 bits per heavy atom. The fraction of sp³-hybridized carbons (Fsp3) is 0.269. The number of aryl methyl sites for hydroxylation is 2. The van der Waals surface area contributed by atoms with Crippen LogP contribution in [-0.2, 0) is 0 Å². The number of benzene rings is 2. The average Bonchev–Trinajstić information content (AvgIpc) is 2.79. The van der Waals surface area contributed by atoms with Crippen molar-refractivity contribution in [3.63, 3.8) is 0 Å². The van der Waals surface area contributed by atoms with Crippen LogP contribution in [-0.4, -0.2) is 12.5 Å². The first-order chi connectivity index (χ1) is 15.9. The summed E-state index contributed by atoms with van der Waals surface area (Å²) in [6, 6.07) is 12.5. The van der Waals surface area contributed by atoms with Crippen LogP contribution in [0.5, 0.6) is 0 Å². The Morgan fingerprint density at radius 3 is 2.39 bits per heavy atom. The molecule has 0 bridgehead atoms. The van der Waals surface area contributed by atoms with Crippen molar-refractivity contribution < 1.29 is 13.6 Å². The van der Waals surface area contributed by atoms with E-state index in [-0.39, 0.29) is 11.3 Å². The Morgan fingerprint density at radius 1 is 0.879 bits per heavy atom. The number of fused-ring (bicyclic) bond motifs is 2. The van der Waals surface area contributed by atoms with E-state index in [1.807, 2.05) is 18.2 Å². The molecule has 2 heterocycles. The zero-order valence-electron chi connectivity index (χ0n) is 18.9. The highest BCUT2D eigenvalue weighted by Gasteiger charge is 2.21. The SMILES string of the molecule is CCCCCNc1ccc2c(C)c(C(=O)Nc3c(C)c4ccccc4oc3=O)c(=O)oc2c1. The number of carbonyl (C=O) groups is 1. The number of carbonyl (C=O) groups excluding carboxylic acids is 1. The number of hydrogen-bond acceptors (Lipinski definition) is 6. The van der Waals surface area contributed by atoms with Gasteiger partial charge in [-0.2, -0.15) is 0 Å². The van der Waals surface area contributed by atoms with Gasteiger partial charge in [0.25, 0.3) is 5.91 Å². The maximum atomic E-state index is 13.0. The number of anilines is 2. The quantitative estimate of drug-likeness (QED) is 0.292. The van der Waals surface area contributed by atoms with E-state index >= 15 is 0 Å². The largest absolute Gasteiger partial charge is 0.422 e. The van der Waals surface area contributed by atoms with Crippen LogP contribution in [0.4, 0.5) is 11.4 Å². The molecule has 0 saturated carbocycles. The van der Waals surface area contributed by atoms with Crippen molar-refractivity contribution in [2.75, 3.05) is 17.2 Å². The van der Waals surface area contributed by atoms with Crippen molar-refractivity contribution in [3.8, 4) is 0 Å². The zero-order valence-corrected chi connectivity index (χ0v) is 18.9. The summed E-state index contributed by atoms with van der Waals surface area (Å²) >= 11 is 0. The third kappa shape index (κ3) is 4.39. The average molecular weight is 447 g/mol. The first-order valence-corrected chi connectivity index (χ1v) is 11.1. The Kier molecular flexibility index (Phi) is 6.31. The third-order valence-corrected chi connectivity index (χ3v) is 5.82. The number of amides is 1. The molecule has 33 heavy (non-hydrogen) atoms. The summed E-state index contributed by atoms with van der Waals surface area (Å²) in [4.78, 5) is 38.3. The van der Waals surface area contributed by atoms with E-state index in [1.165, 1.54) is 0 Å². The lowest BCUT2D eigenvalue weighted by molar-refractivity contribution is 0.102. The molecular weight excluding hydrogens is 420 g/mol. The predicted octanol–water partition coefficient (Wildman–Crippen LogP) is 5.37.